The number of aromatic nitrogens is 1. The predicted molar refractivity (Wildman–Crippen MR) is 67.8 cm³/mol. The molecule has 0 spiro atoms. The van der Waals surface area contributed by atoms with E-state index in [1.165, 1.54) is 0 Å². The average molecular weight is 281 g/mol. The van der Waals surface area contributed by atoms with E-state index < -0.39 is 31.1 Å². The molecule has 0 aliphatic rings. The van der Waals surface area contributed by atoms with Gasteiger partial charge in [-0.25, -0.2) is 9.59 Å². The zero-order chi connectivity index (χ0) is 15.0. The number of nitrogens with zero attached hydrogens (tertiary/aromatic N) is 1. The number of nitrogens with one attached hydrogen (secondary N) is 2. The van der Waals surface area contributed by atoms with Crippen molar-refractivity contribution in [2.45, 2.75) is 13.0 Å². The standard InChI is InChI=1S/C12H15N3O5/c1-8(9-4-2-3-5-13-9)14-12(19)15-10(16)6-20-7-11(17)18/h2-5,8H,6-7H2,1H3,(H,17,18)(H2,14,15,16,19). The summed E-state index contributed by atoms with van der Waals surface area (Å²) in [7, 11) is 0. The zero-order valence-electron chi connectivity index (χ0n) is 10.8. The molecule has 0 aliphatic carbocycles. The Balaban J connectivity index is 2.32. The number of hydrogen-bond acceptors (Lipinski definition) is 5. The van der Waals surface area contributed by atoms with E-state index in [0.717, 1.165) is 0 Å². The van der Waals surface area contributed by atoms with Gasteiger partial charge in [0.1, 0.15) is 13.2 Å². The van der Waals surface area contributed by atoms with Crippen LogP contribution >= 0.6 is 0 Å². The number of urea groups is 1. The molecule has 8 nitrogen and oxygen atoms in total. The molecule has 3 N–H and O–H groups in total. The SMILES string of the molecule is CC(NC(=O)NC(=O)COCC(=O)O)c1ccccn1. The van der Waals surface area contributed by atoms with Crippen LogP contribution in [0.15, 0.2) is 24.4 Å². The topological polar surface area (TPSA) is 118 Å². The molecule has 0 bridgehead atoms. The van der Waals surface area contributed by atoms with E-state index in [0.29, 0.717) is 5.69 Å². The second kappa shape index (κ2) is 7.85. The van der Waals surface area contributed by atoms with Crippen molar-refractivity contribution in [3.63, 3.8) is 0 Å². The maximum Gasteiger partial charge on any atom is 0.329 e. The van der Waals surface area contributed by atoms with E-state index in [-0.39, 0.29) is 6.04 Å². The first-order valence-corrected chi connectivity index (χ1v) is 5.80. The Morgan fingerprint density at radius 3 is 2.70 bits per heavy atom. The number of hydrogen-bond donors (Lipinski definition) is 3. The number of carboxylic acids is 1. The quantitative estimate of drug-likeness (QED) is 0.679. The lowest BCUT2D eigenvalue weighted by molar-refractivity contribution is -0.143. The molecule has 0 aliphatic heterocycles. The number of carbonyl (C=O) groups is 3. The van der Waals surface area contributed by atoms with Gasteiger partial charge in [-0.1, -0.05) is 6.07 Å². The van der Waals surface area contributed by atoms with E-state index in [9.17, 15) is 14.4 Å². The molecule has 1 unspecified atom stereocenters. The second-order valence-corrected chi connectivity index (χ2v) is 3.88. The Bertz CT molecular complexity index is 477. The minimum absolute atomic E-state index is 0.371. The Morgan fingerprint density at radius 2 is 2.10 bits per heavy atom. The van der Waals surface area contributed by atoms with E-state index in [1.807, 2.05) is 5.32 Å². The van der Waals surface area contributed by atoms with Gasteiger partial charge in [0.2, 0.25) is 0 Å². The predicted octanol–water partition coefficient (Wildman–Crippen LogP) is 0.0696. The van der Waals surface area contributed by atoms with Crippen LogP contribution in [0.2, 0.25) is 0 Å². The number of carbonyl (C=O) groups excluding carboxylic acids is 2. The van der Waals surface area contributed by atoms with Crippen LogP contribution in [0.25, 0.3) is 0 Å². The molecule has 1 aromatic rings. The summed E-state index contributed by atoms with van der Waals surface area (Å²) in [5.74, 6) is -1.91. The third-order valence-electron chi connectivity index (χ3n) is 2.19. The summed E-state index contributed by atoms with van der Waals surface area (Å²) in [5.41, 5.74) is 0.650. The summed E-state index contributed by atoms with van der Waals surface area (Å²) < 4.78 is 4.54. The van der Waals surface area contributed by atoms with Gasteiger partial charge in [0.25, 0.3) is 5.91 Å². The third-order valence-corrected chi connectivity index (χ3v) is 2.19. The van der Waals surface area contributed by atoms with Crippen molar-refractivity contribution in [2.75, 3.05) is 13.2 Å². The summed E-state index contributed by atoms with van der Waals surface area (Å²) in [6, 6.07) is 4.20. The van der Waals surface area contributed by atoms with E-state index >= 15 is 0 Å². The molecule has 0 saturated carbocycles. The first kappa shape index (κ1) is 15.6. The molecular formula is C12H15N3O5. The van der Waals surface area contributed by atoms with Crippen molar-refractivity contribution in [2.24, 2.45) is 0 Å². The van der Waals surface area contributed by atoms with Gasteiger partial charge in [0, 0.05) is 6.20 Å². The van der Waals surface area contributed by atoms with Crippen LogP contribution in [-0.4, -0.2) is 41.2 Å². The molecule has 8 heteroatoms. The number of aliphatic carboxylic acids is 1. The molecule has 1 rings (SSSR count). The third kappa shape index (κ3) is 5.91. The molecule has 0 radical (unpaired) electrons. The lowest BCUT2D eigenvalue weighted by Gasteiger charge is -2.13. The number of ether oxygens (including phenoxy) is 1. The molecule has 0 fully saturated rings. The largest absolute Gasteiger partial charge is 0.480 e. The maximum atomic E-state index is 11.5. The maximum absolute atomic E-state index is 11.5. The van der Waals surface area contributed by atoms with Gasteiger partial charge >= 0.3 is 12.0 Å². The molecule has 0 saturated heterocycles. The van der Waals surface area contributed by atoms with Crippen molar-refractivity contribution in [1.82, 2.24) is 15.6 Å². The lowest BCUT2D eigenvalue weighted by atomic mass is 10.2. The van der Waals surface area contributed by atoms with E-state index in [4.69, 9.17) is 5.11 Å². The second-order valence-electron chi connectivity index (χ2n) is 3.88. The smallest absolute Gasteiger partial charge is 0.329 e. The van der Waals surface area contributed by atoms with E-state index in [2.05, 4.69) is 15.0 Å². The van der Waals surface area contributed by atoms with Crippen molar-refractivity contribution in [3.05, 3.63) is 30.1 Å². The minimum atomic E-state index is -1.19. The number of imide groups is 1. The highest BCUT2D eigenvalue weighted by Crippen LogP contribution is 2.06. The van der Waals surface area contributed by atoms with Crippen LogP contribution < -0.4 is 10.6 Å². The molecule has 1 atom stereocenters. The first-order chi connectivity index (χ1) is 9.49. The van der Waals surface area contributed by atoms with Crippen LogP contribution in [0.1, 0.15) is 18.7 Å². The van der Waals surface area contributed by atoms with Crippen LogP contribution in [0.4, 0.5) is 4.79 Å². The van der Waals surface area contributed by atoms with Crippen molar-refractivity contribution in [3.8, 4) is 0 Å². The molecule has 20 heavy (non-hydrogen) atoms. The molecule has 1 aromatic heterocycles. The van der Waals surface area contributed by atoms with Crippen molar-refractivity contribution >= 4 is 17.9 Å². The highest BCUT2D eigenvalue weighted by molar-refractivity contribution is 5.95. The first-order valence-electron chi connectivity index (χ1n) is 5.80. The summed E-state index contributed by atoms with van der Waals surface area (Å²) in [4.78, 5) is 37.0. The van der Waals surface area contributed by atoms with Gasteiger partial charge < -0.3 is 15.2 Å². The average Bonchev–Trinajstić information content (AvgIpc) is 2.38. The van der Waals surface area contributed by atoms with Crippen LogP contribution in [0, 0.1) is 0 Å². The lowest BCUT2D eigenvalue weighted by Crippen LogP contribution is -2.42. The van der Waals surface area contributed by atoms with Gasteiger partial charge in [0.15, 0.2) is 0 Å². The fourth-order valence-corrected chi connectivity index (χ4v) is 1.33. The number of pyridine rings is 1. The fourth-order valence-electron chi connectivity index (χ4n) is 1.33. The fraction of sp³-hybridized carbons (Fsp3) is 0.333. The zero-order valence-corrected chi connectivity index (χ0v) is 10.8. The summed E-state index contributed by atoms with van der Waals surface area (Å²) in [6.45, 7) is 0.615. The number of amides is 3. The minimum Gasteiger partial charge on any atom is -0.480 e. The summed E-state index contributed by atoms with van der Waals surface area (Å²) in [5, 5.41) is 12.9. The Labute approximate surface area is 115 Å². The monoisotopic (exact) mass is 281 g/mol. The highest BCUT2D eigenvalue weighted by atomic mass is 16.5. The van der Waals surface area contributed by atoms with Gasteiger partial charge in [-0.15, -0.1) is 0 Å². The Kier molecular flexibility index (Phi) is 6.11. The molecular weight excluding hydrogens is 266 g/mol. The Hall–Kier alpha value is -2.48. The molecule has 1 heterocycles. The summed E-state index contributed by atoms with van der Waals surface area (Å²) >= 11 is 0. The molecule has 0 aromatic carbocycles. The molecule has 3 amide bonds. The van der Waals surface area contributed by atoms with Crippen LogP contribution in [0.3, 0.4) is 0 Å². The van der Waals surface area contributed by atoms with Gasteiger partial charge in [-0.3, -0.25) is 15.1 Å². The van der Waals surface area contributed by atoms with Crippen molar-refractivity contribution < 1.29 is 24.2 Å². The van der Waals surface area contributed by atoms with Gasteiger partial charge in [-0.05, 0) is 19.1 Å². The van der Waals surface area contributed by atoms with E-state index in [1.54, 1.807) is 31.3 Å². The van der Waals surface area contributed by atoms with Gasteiger partial charge in [-0.2, -0.15) is 0 Å². The van der Waals surface area contributed by atoms with Crippen LogP contribution in [-0.2, 0) is 14.3 Å². The number of rotatable bonds is 6. The van der Waals surface area contributed by atoms with Crippen molar-refractivity contribution in [1.29, 1.82) is 0 Å². The normalized spacial score (nSPS) is 11.4. The highest BCUT2D eigenvalue weighted by Gasteiger charge is 2.13. The number of carboxylic acid groups (broad SMARTS) is 1. The van der Waals surface area contributed by atoms with Gasteiger partial charge in [0.05, 0.1) is 11.7 Å². The molecule has 108 valence electrons. The summed E-state index contributed by atoms with van der Waals surface area (Å²) in [6.07, 6.45) is 1.59. The van der Waals surface area contributed by atoms with Crippen LogP contribution in [0.5, 0.6) is 0 Å². The Morgan fingerprint density at radius 1 is 1.35 bits per heavy atom.